The number of amides is 1. The number of esters is 1. The lowest BCUT2D eigenvalue weighted by atomic mass is 9.94. The average molecular weight is 568 g/mol. The zero-order valence-electron chi connectivity index (χ0n) is 24.7. The van der Waals surface area contributed by atoms with Crippen molar-refractivity contribution in [3.63, 3.8) is 0 Å². The van der Waals surface area contributed by atoms with E-state index < -0.39 is 0 Å². The molecule has 3 aromatic carbocycles. The normalized spacial score (nSPS) is 14.9. The number of benzene rings is 3. The molecule has 42 heavy (non-hydrogen) atoms. The number of hydrogen-bond acceptors (Lipinski definition) is 6. The summed E-state index contributed by atoms with van der Waals surface area (Å²) in [5.74, 6) is 0.861. The van der Waals surface area contributed by atoms with Gasteiger partial charge in [-0.2, -0.15) is 0 Å². The van der Waals surface area contributed by atoms with E-state index in [0.29, 0.717) is 18.7 Å². The lowest BCUT2D eigenvalue weighted by Crippen LogP contribution is -2.35. The van der Waals surface area contributed by atoms with Gasteiger partial charge in [0.15, 0.2) is 0 Å². The van der Waals surface area contributed by atoms with Crippen LogP contribution >= 0.6 is 0 Å². The Morgan fingerprint density at radius 1 is 0.905 bits per heavy atom. The highest BCUT2D eigenvalue weighted by Crippen LogP contribution is 2.25. The van der Waals surface area contributed by atoms with Gasteiger partial charge in [-0.3, -0.25) is 14.2 Å². The molecule has 1 saturated heterocycles. The number of nitrogens with zero attached hydrogens (tertiary/aromatic N) is 5. The van der Waals surface area contributed by atoms with E-state index in [-0.39, 0.29) is 24.3 Å². The van der Waals surface area contributed by atoms with Crippen LogP contribution < -0.4 is 4.90 Å². The predicted molar refractivity (Wildman–Crippen MR) is 167 cm³/mol. The highest BCUT2D eigenvalue weighted by Gasteiger charge is 2.24. The van der Waals surface area contributed by atoms with Crippen LogP contribution in [0.1, 0.15) is 41.6 Å². The van der Waals surface area contributed by atoms with Crippen molar-refractivity contribution in [2.75, 3.05) is 57.8 Å². The summed E-state index contributed by atoms with van der Waals surface area (Å²) < 4.78 is 7.26. The zero-order valence-corrected chi connectivity index (χ0v) is 24.7. The smallest absolute Gasteiger partial charge is 0.326 e. The molecule has 4 aromatic rings. The van der Waals surface area contributed by atoms with Crippen molar-refractivity contribution in [2.24, 2.45) is 0 Å². The van der Waals surface area contributed by atoms with Gasteiger partial charge in [0.1, 0.15) is 6.54 Å². The van der Waals surface area contributed by atoms with E-state index in [1.54, 1.807) is 0 Å². The van der Waals surface area contributed by atoms with Gasteiger partial charge >= 0.3 is 5.97 Å². The number of para-hydroxylation sites is 2. The summed E-state index contributed by atoms with van der Waals surface area (Å²) in [7, 11) is 1.90. The third-order valence-electron chi connectivity index (χ3n) is 8.02. The van der Waals surface area contributed by atoms with E-state index in [2.05, 4.69) is 34.1 Å². The van der Waals surface area contributed by atoms with Crippen molar-refractivity contribution in [2.45, 2.75) is 32.2 Å². The molecule has 0 spiro atoms. The van der Waals surface area contributed by atoms with Crippen molar-refractivity contribution in [3.05, 3.63) is 96.1 Å². The van der Waals surface area contributed by atoms with Gasteiger partial charge < -0.3 is 19.4 Å². The van der Waals surface area contributed by atoms with E-state index in [9.17, 15) is 9.59 Å². The van der Waals surface area contributed by atoms with Gasteiger partial charge in [0.05, 0.1) is 17.6 Å². The molecule has 0 N–H and O–H groups in total. The van der Waals surface area contributed by atoms with Crippen LogP contribution in [0.3, 0.4) is 0 Å². The van der Waals surface area contributed by atoms with Crippen LogP contribution in [0.4, 0.5) is 5.95 Å². The molecule has 5 rings (SSSR count). The van der Waals surface area contributed by atoms with Crippen LogP contribution in [0.5, 0.6) is 0 Å². The van der Waals surface area contributed by atoms with E-state index in [1.165, 1.54) is 5.56 Å². The summed E-state index contributed by atoms with van der Waals surface area (Å²) in [6, 6.07) is 28.0. The molecule has 8 heteroatoms. The monoisotopic (exact) mass is 567 g/mol. The number of rotatable bonds is 11. The fourth-order valence-electron chi connectivity index (χ4n) is 5.83. The second-order valence-electron chi connectivity index (χ2n) is 10.9. The molecule has 8 nitrogen and oxygen atoms in total. The molecule has 1 aliphatic heterocycles. The SMILES string of the molecule is CCOC(=O)Cn1c(N2CCCN(CCC(CN(C)C(=O)c3ccccc3)c3ccccc3)CC2)nc2ccccc21. The van der Waals surface area contributed by atoms with Crippen LogP contribution in [0.2, 0.25) is 0 Å². The molecule has 0 aliphatic carbocycles. The molecule has 220 valence electrons. The quantitative estimate of drug-likeness (QED) is 0.236. The molecule has 1 amide bonds. The third-order valence-corrected chi connectivity index (χ3v) is 8.02. The number of anilines is 1. The Morgan fingerprint density at radius 3 is 2.38 bits per heavy atom. The third kappa shape index (κ3) is 7.18. The maximum absolute atomic E-state index is 13.1. The Balaban J connectivity index is 1.25. The Morgan fingerprint density at radius 2 is 1.62 bits per heavy atom. The molecule has 1 aromatic heterocycles. The number of aromatic nitrogens is 2. The van der Waals surface area contributed by atoms with Crippen LogP contribution in [0.15, 0.2) is 84.9 Å². The van der Waals surface area contributed by atoms with Crippen molar-refractivity contribution in [1.82, 2.24) is 19.4 Å². The molecule has 1 atom stereocenters. The molecule has 0 saturated carbocycles. The van der Waals surface area contributed by atoms with Crippen molar-refractivity contribution in [3.8, 4) is 0 Å². The molecule has 1 fully saturated rings. The van der Waals surface area contributed by atoms with Gasteiger partial charge in [0.25, 0.3) is 5.91 Å². The first-order valence-corrected chi connectivity index (χ1v) is 15.0. The Kier molecular flexibility index (Phi) is 9.87. The number of hydrogen-bond donors (Lipinski definition) is 0. The lowest BCUT2D eigenvalue weighted by Gasteiger charge is -2.28. The summed E-state index contributed by atoms with van der Waals surface area (Å²) >= 11 is 0. The fraction of sp³-hybridized carbons (Fsp3) is 0.382. The number of fused-ring (bicyclic) bond motifs is 1. The first-order valence-electron chi connectivity index (χ1n) is 15.0. The molecular formula is C34H41N5O3. The number of carbonyl (C=O) groups excluding carboxylic acids is 2. The van der Waals surface area contributed by atoms with Gasteiger partial charge in [-0.1, -0.05) is 60.7 Å². The maximum Gasteiger partial charge on any atom is 0.326 e. The topological polar surface area (TPSA) is 70.9 Å². The summed E-state index contributed by atoms with van der Waals surface area (Å²) in [5, 5.41) is 0. The summed E-state index contributed by atoms with van der Waals surface area (Å²) in [5.41, 5.74) is 3.81. The standard InChI is InChI=1S/C34H41N5O3/c1-3-42-32(40)26-39-31-18-11-10-17-30(31)35-34(39)38-21-12-20-37(23-24-38)22-19-29(27-13-6-4-7-14-27)25-36(2)33(41)28-15-8-5-9-16-28/h4-11,13-18,29H,3,12,19-26H2,1-2H3. The van der Waals surface area contributed by atoms with E-state index in [1.807, 2.05) is 84.1 Å². The summed E-state index contributed by atoms with van der Waals surface area (Å²) in [6.45, 7) is 7.55. The van der Waals surface area contributed by atoms with Gasteiger partial charge in [-0.15, -0.1) is 0 Å². The first kappa shape index (κ1) is 29.3. The minimum atomic E-state index is -0.249. The highest BCUT2D eigenvalue weighted by atomic mass is 16.5. The highest BCUT2D eigenvalue weighted by molar-refractivity contribution is 5.94. The summed E-state index contributed by atoms with van der Waals surface area (Å²) in [6.07, 6.45) is 1.96. The molecule has 1 aliphatic rings. The second-order valence-corrected chi connectivity index (χ2v) is 10.9. The van der Waals surface area contributed by atoms with E-state index >= 15 is 0 Å². The van der Waals surface area contributed by atoms with Crippen LogP contribution in [0, 0.1) is 0 Å². The molecular weight excluding hydrogens is 526 g/mol. The second kappa shape index (κ2) is 14.1. The minimum absolute atomic E-state index is 0.0488. The summed E-state index contributed by atoms with van der Waals surface area (Å²) in [4.78, 5) is 37.2. The molecule has 1 unspecified atom stereocenters. The number of likely N-dealkylation sites (N-methyl/N-ethyl adjacent to an activating group) is 1. The minimum Gasteiger partial charge on any atom is -0.465 e. The Bertz CT molecular complexity index is 1460. The van der Waals surface area contributed by atoms with Crippen molar-refractivity contribution in [1.29, 1.82) is 0 Å². The molecule has 0 bridgehead atoms. The van der Waals surface area contributed by atoms with Crippen LogP contribution in [-0.2, 0) is 16.1 Å². The Labute approximate surface area is 248 Å². The van der Waals surface area contributed by atoms with Gasteiger partial charge in [0.2, 0.25) is 5.95 Å². The van der Waals surface area contributed by atoms with Gasteiger partial charge in [0, 0.05) is 44.7 Å². The number of ether oxygens (including phenoxy) is 1. The first-order chi connectivity index (χ1) is 20.5. The average Bonchev–Trinajstić information content (AvgIpc) is 3.21. The largest absolute Gasteiger partial charge is 0.465 e. The van der Waals surface area contributed by atoms with Crippen LogP contribution in [0.25, 0.3) is 11.0 Å². The van der Waals surface area contributed by atoms with Crippen LogP contribution in [-0.4, -0.2) is 84.2 Å². The number of carbonyl (C=O) groups is 2. The lowest BCUT2D eigenvalue weighted by molar-refractivity contribution is -0.143. The Hall–Kier alpha value is -4.17. The fourth-order valence-corrected chi connectivity index (χ4v) is 5.83. The molecule has 2 heterocycles. The van der Waals surface area contributed by atoms with E-state index in [4.69, 9.17) is 9.72 Å². The predicted octanol–water partition coefficient (Wildman–Crippen LogP) is 5.06. The molecule has 0 radical (unpaired) electrons. The van der Waals surface area contributed by atoms with Gasteiger partial charge in [-0.05, 0) is 62.7 Å². The van der Waals surface area contributed by atoms with E-state index in [0.717, 1.165) is 62.5 Å². The zero-order chi connectivity index (χ0) is 29.3. The maximum atomic E-state index is 13.1. The number of imidazole rings is 1. The van der Waals surface area contributed by atoms with Crippen molar-refractivity contribution < 1.29 is 14.3 Å². The van der Waals surface area contributed by atoms with Crippen molar-refractivity contribution >= 4 is 28.9 Å². The van der Waals surface area contributed by atoms with Gasteiger partial charge in [-0.25, -0.2) is 4.98 Å².